The summed E-state index contributed by atoms with van der Waals surface area (Å²) < 4.78 is 2.37. The summed E-state index contributed by atoms with van der Waals surface area (Å²) in [6.07, 6.45) is 1.97. The Bertz CT molecular complexity index is 3890. The Labute approximate surface area is 412 Å². The third-order valence-corrected chi connectivity index (χ3v) is 14.5. The summed E-state index contributed by atoms with van der Waals surface area (Å²) in [5.41, 5.74) is 19.5. The highest BCUT2D eigenvalue weighted by atomic mass is 16.8. The summed E-state index contributed by atoms with van der Waals surface area (Å²) in [5.74, 6) is 0.851. The minimum absolute atomic E-state index is 0.703. The molecule has 2 aliphatic rings. The van der Waals surface area contributed by atoms with E-state index in [1.54, 1.807) is 0 Å². The van der Waals surface area contributed by atoms with E-state index < -0.39 is 5.41 Å². The molecule has 3 heterocycles. The Balaban J connectivity index is 0.991. The van der Waals surface area contributed by atoms with Gasteiger partial charge in [0.25, 0.3) is 0 Å². The van der Waals surface area contributed by atoms with Gasteiger partial charge in [-0.25, -0.2) is 4.98 Å². The average molecular weight is 909 g/mol. The third kappa shape index (κ3) is 6.34. The Morgan fingerprint density at radius 2 is 0.873 bits per heavy atom. The van der Waals surface area contributed by atoms with Crippen LogP contribution in [0.15, 0.2) is 267 Å². The standard InChI is InChI=1S/C66H44N4O/c1-4-20-45(21-5-1)52-31-19-32-53(46-22-6-2-7-23-46)65(52)47-40-41-67-64(42-47)68-60-35-15-12-30-56(60)57-39-38-49(44-63(57)68)66(58-33-13-10-28-54(58)55-29-11-14-34-59(55)66)48-24-18-27-51(43-48)70-62-37-17-16-36-61(62)69(71-70)50-25-8-3-9-26-50/h1-44H. The monoisotopic (exact) mass is 908 g/mol. The van der Waals surface area contributed by atoms with Crippen LogP contribution in [0, 0.1) is 0 Å². The van der Waals surface area contributed by atoms with E-state index in [-0.39, 0.29) is 0 Å². The summed E-state index contributed by atoms with van der Waals surface area (Å²) in [4.78, 5) is 12.0. The number of hydrogen-bond donors (Lipinski definition) is 0. The average Bonchev–Trinajstić information content (AvgIpc) is 4.11. The summed E-state index contributed by atoms with van der Waals surface area (Å²) in [6, 6.07) is 93.8. The molecule has 5 nitrogen and oxygen atoms in total. The normalized spacial score (nSPS) is 13.4. The molecular formula is C66H44N4O. The van der Waals surface area contributed by atoms with Gasteiger partial charge in [-0.3, -0.25) is 4.57 Å². The molecule has 10 aromatic carbocycles. The number of para-hydroxylation sites is 4. The van der Waals surface area contributed by atoms with Crippen LogP contribution in [0.3, 0.4) is 0 Å². The van der Waals surface area contributed by atoms with E-state index in [2.05, 4.69) is 247 Å². The minimum atomic E-state index is -0.703. The number of hydrogen-bond acceptors (Lipinski definition) is 4. The smallest absolute Gasteiger partial charge is 0.138 e. The number of aromatic nitrogens is 2. The largest absolute Gasteiger partial charge is 0.294 e. The second-order valence-electron chi connectivity index (χ2n) is 18.3. The molecule has 14 rings (SSSR count). The van der Waals surface area contributed by atoms with Crippen molar-refractivity contribution in [1.82, 2.24) is 9.55 Å². The van der Waals surface area contributed by atoms with E-state index in [0.29, 0.717) is 0 Å². The van der Waals surface area contributed by atoms with Crippen LogP contribution < -0.4 is 10.1 Å². The van der Waals surface area contributed by atoms with Crippen molar-refractivity contribution in [1.29, 1.82) is 0 Å². The van der Waals surface area contributed by atoms with Gasteiger partial charge in [-0.1, -0.05) is 200 Å². The van der Waals surface area contributed by atoms with Gasteiger partial charge in [0.05, 0.1) is 39.2 Å². The van der Waals surface area contributed by atoms with Crippen LogP contribution in [0.2, 0.25) is 0 Å². The Morgan fingerprint density at radius 3 is 1.56 bits per heavy atom. The van der Waals surface area contributed by atoms with Gasteiger partial charge in [0.1, 0.15) is 5.82 Å². The van der Waals surface area contributed by atoms with Crippen LogP contribution in [0.1, 0.15) is 22.3 Å². The molecular weight excluding hydrogens is 865 g/mol. The fraction of sp³-hybridized carbons (Fsp3) is 0.0152. The zero-order valence-electron chi connectivity index (χ0n) is 38.6. The summed E-state index contributed by atoms with van der Waals surface area (Å²) in [7, 11) is 0. The molecule has 2 aromatic heterocycles. The van der Waals surface area contributed by atoms with Gasteiger partial charge < -0.3 is 0 Å². The van der Waals surface area contributed by atoms with Crippen molar-refractivity contribution in [2.75, 3.05) is 10.1 Å². The maximum absolute atomic E-state index is 6.82. The first-order valence-corrected chi connectivity index (χ1v) is 24.2. The second kappa shape index (κ2) is 16.4. The molecule has 5 heteroatoms. The lowest BCUT2D eigenvalue weighted by Gasteiger charge is -2.34. The van der Waals surface area contributed by atoms with Gasteiger partial charge in [-0.15, -0.1) is 4.94 Å². The predicted molar refractivity (Wildman–Crippen MR) is 290 cm³/mol. The third-order valence-electron chi connectivity index (χ3n) is 14.5. The van der Waals surface area contributed by atoms with Crippen LogP contribution in [-0.2, 0) is 10.4 Å². The van der Waals surface area contributed by atoms with Gasteiger partial charge in [0.15, 0.2) is 0 Å². The van der Waals surface area contributed by atoms with E-state index in [1.165, 1.54) is 55.5 Å². The van der Waals surface area contributed by atoms with Crippen LogP contribution in [-0.4, -0.2) is 9.55 Å². The van der Waals surface area contributed by atoms with E-state index >= 15 is 0 Å². The number of nitrogens with zero attached hydrogens (tertiary/aromatic N) is 4. The fourth-order valence-corrected chi connectivity index (χ4v) is 11.5. The number of benzene rings is 10. The van der Waals surface area contributed by atoms with Gasteiger partial charge in [0, 0.05) is 17.0 Å². The lowest BCUT2D eigenvalue weighted by Crippen LogP contribution is -2.29. The molecule has 0 atom stereocenters. The summed E-state index contributed by atoms with van der Waals surface area (Å²) in [5, 5.41) is 6.21. The molecule has 0 fully saturated rings. The van der Waals surface area contributed by atoms with Gasteiger partial charge in [-0.05, 0) is 127 Å². The zero-order chi connectivity index (χ0) is 46.9. The Kier molecular flexibility index (Phi) is 9.44. The number of pyridine rings is 1. The SMILES string of the molecule is c1ccc(-c2cccc(-c3ccccc3)c2-c2ccnc(-n3c4ccccc4c4ccc(C5(c6cccc(N7ON(c8ccccc8)c8ccccc87)c6)c6ccccc6-c6ccccc65)cc43)c2)cc1. The summed E-state index contributed by atoms with van der Waals surface area (Å²) in [6.45, 7) is 0. The molecule has 0 saturated carbocycles. The lowest BCUT2D eigenvalue weighted by molar-refractivity contribution is 0.156. The topological polar surface area (TPSA) is 33.5 Å². The quantitative estimate of drug-likeness (QED) is 0.152. The molecule has 0 spiro atoms. The van der Waals surface area contributed by atoms with Gasteiger partial charge >= 0.3 is 0 Å². The van der Waals surface area contributed by atoms with E-state index in [1.807, 2.05) is 34.5 Å². The van der Waals surface area contributed by atoms with Crippen molar-refractivity contribution in [3.8, 4) is 50.3 Å². The number of fused-ring (bicyclic) bond motifs is 7. The van der Waals surface area contributed by atoms with Crippen molar-refractivity contribution < 1.29 is 4.94 Å². The Hall–Kier alpha value is -9.29. The Morgan fingerprint density at radius 1 is 0.352 bits per heavy atom. The zero-order valence-corrected chi connectivity index (χ0v) is 38.6. The first kappa shape index (κ1) is 40.7. The predicted octanol–water partition coefficient (Wildman–Crippen LogP) is 16.7. The van der Waals surface area contributed by atoms with Crippen molar-refractivity contribution in [3.63, 3.8) is 0 Å². The van der Waals surface area contributed by atoms with Gasteiger partial charge in [0.2, 0.25) is 0 Å². The molecule has 0 unspecified atom stereocenters. The molecule has 0 radical (unpaired) electrons. The first-order valence-electron chi connectivity index (χ1n) is 24.2. The first-order chi connectivity index (χ1) is 35.2. The molecule has 0 saturated heterocycles. The van der Waals surface area contributed by atoms with Crippen molar-refractivity contribution in [3.05, 3.63) is 289 Å². The summed E-state index contributed by atoms with van der Waals surface area (Å²) >= 11 is 0. The van der Waals surface area contributed by atoms with E-state index in [4.69, 9.17) is 9.92 Å². The maximum atomic E-state index is 6.82. The van der Waals surface area contributed by atoms with Gasteiger partial charge in [-0.2, -0.15) is 10.1 Å². The minimum Gasteiger partial charge on any atom is -0.294 e. The van der Waals surface area contributed by atoms with E-state index in [9.17, 15) is 0 Å². The molecule has 71 heavy (non-hydrogen) atoms. The highest BCUT2D eigenvalue weighted by Crippen LogP contribution is 2.57. The molecule has 334 valence electrons. The molecule has 12 aromatic rings. The second-order valence-corrected chi connectivity index (χ2v) is 18.3. The van der Waals surface area contributed by atoms with Crippen molar-refractivity contribution in [2.24, 2.45) is 0 Å². The van der Waals surface area contributed by atoms with E-state index in [0.717, 1.165) is 61.7 Å². The van der Waals surface area contributed by atoms with Crippen LogP contribution in [0.5, 0.6) is 0 Å². The number of rotatable bonds is 8. The highest BCUT2D eigenvalue weighted by Gasteiger charge is 2.47. The lowest BCUT2D eigenvalue weighted by atomic mass is 9.67. The van der Waals surface area contributed by atoms with Crippen LogP contribution in [0.25, 0.3) is 72.1 Å². The molecule has 0 amide bonds. The van der Waals surface area contributed by atoms with Crippen molar-refractivity contribution >= 4 is 44.6 Å². The molecule has 1 aliphatic heterocycles. The highest BCUT2D eigenvalue weighted by molar-refractivity contribution is 6.10. The fourth-order valence-electron chi connectivity index (χ4n) is 11.5. The van der Waals surface area contributed by atoms with Crippen LogP contribution in [0.4, 0.5) is 22.7 Å². The maximum Gasteiger partial charge on any atom is 0.138 e. The van der Waals surface area contributed by atoms with Crippen LogP contribution >= 0.6 is 0 Å². The molecule has 0 bridgehead atoms. The molecule has 0 N–H and O–H groups in total. The molecule has 1 aliphatic carbocycles. The van der Waals surface area contributed by atoms with Crippen molar-refractivity contribution in [2.45, 2.75) is 5.41 Å². The number of anilines is 4.